The third-order valence-electron chi connectivity index (χ3n) is 2.51. The first-order valence-corrected chi connectivity index (χ1v) is 4.75. The molecule has 0 aromatic carbocycles. The average molecular weight is 197 g/mol. The van der Waals surface area contributed by atoms with Gasteiger partial charge in [0.15, 0.2) is 0 Å². The number of hydrogen-bond acceptors (Lipinski definition) is 2. The number of carboxylic acids is 1. The van der Waals surface area contributed by atoms with Gasteiger partial charge < -0.3 is 10.4 Å². The van der Waals surface area contributed by atoms with Gasteiger partial charge in [0.1, 0.15) is 0 Å². The van der Waals surface area contributed by atoms with E-state index >= 15 is 0 Å². The summed E-state index contributed by atoms with van der Waals surface area (Å²) < 4.78 is 0. The molecular weight excluding hydrogens is 182 g/mol. The fraction of sp³-hybridized carbons (Fsp3) is 0.600. The van der Waals surface area contributed by atoms with Crippen molar-refractivity contribution in [1.82, 2.24) is 5.32 Å². The molecule has 0 unspecified atom stereocenters. The van der Waals surface area contributed by atoms with Crippen LogP contribution in [-0.4, -0.2) is 22.5 Å². The maximum Gasteiger partial charge on any atom is 0.328 e. The molecule has 4 nitrogen and oxygen atoms in total. The van der Waals surface area contributed by atoms with Gasteiger partial charge in [-0.25, -0.2) is 4.79 Å². The maximum atomic E-state index is 11.2. The van der Waals surface area contributed by atoms with E-state index in [-0.39, 0.29) is 11.4 Å². The zero-order valence-electron chi connectivity index (χ0n) is 8.25. The van der Waals surface area contributed by atoms with Crippen LogP contribution in [0.15, 0.2) is 12.2 Å². The molecule has 0 spiro atoms. The Labute approximate surface area is 83.0 Å². The highest BCUT2D eigenvalue weighted by molar-refractivity contribution is 5.94. The Hall–Kier alpha value is -1.32. The van der Waals surface area contributed by atoms with Crippen molar-refractivity contribution in [2.24, 2.45) is 0 Å². The summed E-state index contributed by atoms with van der Waals surface area (Å²) in [5, 5.41) is 11.1. The van der Waals surface area contributed by atoms with Gasteiger partial charge in [-0.05, 0) is 19.8 Å². The number of nitrogens with one attached hydrogen (secondary N) is 1. The van der Waals surface area contributed by atoms with Gasteiger partial charge in [0.25, 0.3) is 0 Å². The first-order valence-electron chi connectivity index (χ1n) is 4.75. The van der Waals surface area contributed by atoms with Gasteiger partial charge in [0, 0.05) is 17.7 Å². The largest absolute Gasteiger partial charge is 0.478 e. The predicted octanol–water partition coefficient (Wildman–Crippen LogP) is 1.08. The van der Waals surface area contributed by atoms with E-state index < -0.39 is 5.97 Å². The summed E-state index contributed by atoms with van der Waals surface area (Å²) in [4.78, 5) is 21.4. The molecule has 0 saturated heterocycles. The molecule has 78 valence electrons. The number of carbonyl (C=O) groups is 2. The second-order valence-electron chi connectivity index (χ2n) is 3.93. The zero-order chi connectivity index (χ0) is 10.6. The molecule has 1 fully saturated rings. The second kappa shape index (κ2) is 4.26. The Bertz CT molecular complexity index is 265. The van der Waals surface area contributed by atoms with Crippen LogP contribution >= 0.6 is 0 Å². The van der Waals surface area contributed by atoms with Crippen LogP contribution in [0.2, 0.25) is 0 Å². The van der Waals surface area contributed by atoms with Crippen molar-refractivity contribution < 1.29 is 14.7 Å². The van der Waals surface area contributed by atoms with Crippen LogP contribution in [0.5, 0.6) is 0 Å². The van der Waals surface area contributed by atoms with Crippen LogP contribution < -0.4 is 5.32 Å². The minimum atomic E-state index is -1.10. The fourth-order valence-corrected chi connectivity index (χ4v) is 1.77. The van der Waals surface area contributed by atoms with Crippen molar-refractivity contribution in [1.29, 1.82) is 0 Å². The molecule has 1 amide bonds. The van der Waals surface area contributed by atoms with Crippen LogP contribution in [0, 0.1) is 0 Å². The van der Waals surface area contributed by atoms with Gasteiger partial charge in [-0.2, -0.15) is 0 Å². The zero-order valence-corrected chi connectivity index (χ0v) is 8.25. The van der Waals surface area contributed by atoms with E-state index in [1.54, 1.807) is 0 Å². The number of amides is 1. The van der Waals surface area contributed by atoms with Crippen LogP contribution in [-0.2, 0) is 9.59 Å². The molecule has 1 rings (SSSR count). The molecule has 0 aliphatic heterocycles. The number of carboxylic acid groups (broad SMARTS) is 1. The fourth-order valence-electron chi connectivity index (χ4n) is 1.77. The third-order valence-corrected chi connectivity index (χ3v) is 2.51. The standard InChI is InChI=1S/C10H15NO3/c1-10(6-2-3-7-10)11-8(12)4-5-9(13)14/h4-5H,2-3,6-7H2,1H3,(H,11,12)(H,13,14). The Morgan fingerprint density at radius 1 is 1.29 bits per heavy atom. The van der Waals surface area contributed by atoms with Crippen LogP contribution in [0.3, 0.4) is 0 Å². The topological polar surface area (TPSA) is 66.4 Å². The molecule has 2 N–H and O–H groups in total. The lowest BCUT2D eigenvalue weighted by Gasteiger charge is -2.24. The molecule has 1 aliphatic rings. The molecule has 0 aromatic heterocycles. The third kappa shape index (κ3) is 3.20. The minimum Gasteiger partial charge on any atom is -0.478 e. The van der Waals surface area contributed by atoms with Gasteiger partial charge in [-0.15, -0.1) is 0 Å². The molecule has 0 aromatic rings. The summed E-state index contributed by atoms with van der Waals surface area (Å²) >= 11 is 0. The van der Waals surface area contributed by atoms with E-state index in [9.17, 15) is 9.59 Å². The first kappa shape index (κ1) is 10.8. The van der Waals surface area contributed by atoms with E-state index in [2.05, 4.69) is 5.32 Å². The summed E-state index contributed by atoms with van der Waals surface area (Å²) in [7, 11) is 0. The van der Waals surface area contributed by atoms with Crippen molar-refractivity contribution in [2.45, 2.75) is 38.1 Å². The molecule has 14 heavy (non-hydrogen) atoms. The Morgan fingerprint density at radius 3 is 2.36 bits per heavy atom. The smallest absolute Gasteiger partial charge is 0.328 e. The lowest BCUT2D eigenvalue weighted by atomic mass is 10.0. The van der Waals surface area contributed by atoms with Crippen LogP contribution in [0.25, 0.3) is 0 Å². The van der Waals surface area contributed by atoms with Crippen molar-refractivity contribution >= 4 is 11.9 Å². The molecule has 0 atom stereocenters. The summed E-state index contributed by atoms with van der Waals surface area (Å²) in [5.74, 6) is -1.42. The van der Waals surface area contributed by atoms with Crippen molar-refractivity contribution in [3.63, 3.8) is 0 Å². The average Bonchev–Trinajstić information content (AvgIpc) is 2.48. The number of carbonyl (C=O) groups excluding carboxylic acids is 1. The maximum absolute atomic E-state index is 11.2. The van der Waals surface area contributed by atoms with Gasteiger partial charge in [0.05, 0.1) is 0 Å². The molecule has 4 heteroatoms. The van der Waals surface area contributed by atoms with Crippen LogP contribution in [0.4, 0.5) is 0 Å². The van der Waals surface area contributed by atoms with Crippen molar-refractivity contribution in [3.05, 3.63) is 12.2 Å². The minimum absolute atomic E-state index is 0.139. The predicted molar refractivity (Wildman–Crippen MR) is 51.8 cm³/mol. The highest BCUT2D eigenvalue weighted by atomic mass is 16.4. The van der Waals surface area contributed by atoms with E-state index in [0.29, 0.717) is 0 Å². The number of aliphatic carboxylic acids is 1. The SMILES string of the molecule is CC1(NC(=O)C=CC(=O)O)CCCC1. The Balaban J connectivity index is 2.44. The highest BCUT2D eigenvalue weighted by Gasteiger charge is 2.29. The van der Waals surface area contributed by atoms with Gasteiger partial charge in [-0.1, -0.05) is 12.8 Å². The molecule has 1 saturated carbocycles. The van der Waals surface area contributed by atoms with E-state index in [1.807, 2.05) is 6.92 Å². The van der Waals surface area contributed by atoms with E-state index in [4.69, 9.17) is 5.11 Å². The van der Waals surface area contributed by atoms with E-state index in [1.165, 1.54) is 0 Å². The lowest BCUT2D eigenvalue weighted by Crippen LogP contribution is -2.42. The highest BCUT2D eigenvalue weighted by Crippen LogP contribution is 2.28. The van der Waals surface area contributed by atoms with Gasteiger partial charge >= 0.3 is 5.97 Å². The molecule has 0 radical (unpaired) electrons. The summed E-state index contributed by atoms with van der Waals surface area (Å²) in [6, 6.07) is 0. The van der Waals surface area contributed by atoms with Crippen molar-refractivity contribution in [2.75, 3.05) is 0 Å². The van der Waals surface area contributed by atoms with Gasteiger partial charge in [-0.3, -0.25) is 4.79 Å². The molecule has 1 aliphatic carbocycles. The lowest BCUT2D eigenvalue weighted by molar-refractivity contribution is -0.131. The number of rotatable bonds is 3. The molecule has 0 bridgehead atoms. The first-order chi connectivity index (χ1) is 6.52. The summed E-state index contributed by atoms with van der Waals surface area (Å²) in [6.07, 6.45) is 6.11. The Morgan fingerprint density at radius 2 is 1.86 bits per heavy atom. The monoisotopic (exact) mass is 197 g/mol. The molecule has 0 heterocycles. The number of hydrogen-bond donors (Lipinski definition) is 2. The quantitative estimate of drug-likeness (QED) is 0.665. The summed E-state index contributed by atoms with van der Waals surface area (Å²) in [5.41, 5.74) is -0.139. The van der Waals surface area contributed by atoms with Crippen LogP contribution in [0.1, 0.15) is 32.6 Å². The molecular formula is C10H15NO3. The van der Waals surface area contributed by atoms with Crippen molar-refractivity contribution in [3.8, 4) is 0 Å². The Kier molecular flexibility index (Phi) is 3.28. The van der Waals surface area contributed by atoms with E-state index in [0.717, 1.165) is 37.8 Å². The normalized spacial score (nSPS) is 19.8. The van der Waals surface area contributed by atoms with Gasteiger partial charge in [0.2, 0.25) is 5.91 Å². The second-order valence-corrected chi connectivity index (χ2v) is 3.93. The summed E-state index contributed by atoms with van der Waals surface area (Å²) in [6.45, 7) is 1.99.